The minimum atomic E-state index is -0.0362. The van der Waals surface area contributed by atoms with Gasteiger partial charge in [-0.05, 0) is 42.7 Å². The number of nitrogens with one attached hydrogen (secondary N) is 1. The Labute approximate surface area is 161 Å². The first kappa shape index (κ1) is 17.5. The number of para-hydroxylation sites is 1. The summed E-state index contributed by atoms with van der Waals surface area (Å²) < 4.78 is 7.82. The average molecular weight is 385 g/mol. The zero-order valence-corrected chi connectivity index (χ0v) is 15.9. The van der Waals surface area contributed by atoms with E-state index >= 15 is 0 Å². The zero-order chi connectivity index (χ0) is 17.8. The van der Waals surface area contributed by atoms with Crippen LogP contribution >= 0.6 is 23.1 Å². The molecule has 1 aliphatic rings. The standard InChI is InChI=1S/C20H20N2O2S2/c23-19(21-12-16-4-3-11-24-16)15-9-7-14(8-10-15)13-25-20-22-17-5-1-2-6-18(17)26-20/h1-2,5-10,16H,3-4,11-13H2,(H,21,23)/t16-/m1/s1. The van der Waals surface area contributed by atoms with E-state index in [4.69, 9.17) is 4.74 Å². The lowest BCUT2D eigenvalue weighted by molar-refractivity contribution is 0.0858. The zero-order valence-electron chi connectivity index (χ0n) is 14.3. The van der Waals surface area contributed by atoms with Crippen LogP contribution in [-0.4, -0.2) is 30.1 Å². The third-order valence-electron chi connectivity index (χ3n) is 4.37. The van der Waals surface area contributed by atoms with Crippen LogP contribution in [0.3, 0.4) is 0 Å². The minimum Gasteiger partial charge on any atom is -0.376 e. The summed E-state index contributed by atoms with van der Waals surface area (Å²) in [4.78, 5) is 16.9. The first-order chi connectivity index (χ1) is 12.8. The molecular weight excluding hydrogens is 364 g/mol. The number of rotatable bonds is 6. The molecule has 1 atom stereocenters. The Morgan fingerprint density at radius 1 is 1.23 bits per heavy atom. The van der Waals surface area contributed by atoms with Crippen molar-refractivity contribution in [3.8, 4) is 0 Å². The number of amides is 1. The maximum atomic E-state index is 12.2. The number of hydrogen-bond donors (Lipinski definition) is 1. The van der Waals surface area contributed by atoms with Crippen LogP contribution in [0, 0.1) is 0 Å². The number of thiazole rings is 1. The van der Waals surface area contributed by atoms with Crippen LogP contribution in [0.2, 0.25) is 0 Å². The maximum Gasteiger partial charge on any atom is 0.251 e. The number of nitrogens with zero attached hydrogens (tertiary/aromatic N) is 1. The predicted octanol–water partition coefficient (Wildman–Crippen LogP) is 4.50. The molecule has 134 valence electrons. The average Bonchev–Trinajstić information content (AvgIpc) is 3.34. The van der Waals surface area contributed by atoms with Gasteiger partial charge in [0, 0.05) is 24.5 Å². The molecule has 0 bridgehead atoms. The molecule has 26 heavy (non-hydrogen) atoms. The highest BCUT2D eigenvalue weighted by Gasteiger charge is 2.16. The van der Waals surface area contributed by atoms with E-state index in [-0.39, 0.29) is 12.0 Å². The van der Waals surface area contributed by atoms with Gasteiger partial charge in [0.05, 0.1) is 16.3 Å². The van der Waals surface area contributed by atoms with Crippen molar-refractivity contribution >= 4 is 39.2 Å². The molecule has 4 rings (SSSR count). The highest BCUT2D eigenvalue weighted by atomic mass is 32.2. The molecule has 1 amide bonds. The molecular formula is C20H20N2O2S2. The lowest BCUT2D eigenvalue weighted by atomic mass is 10.1. The third kappa shape index (κ3) is 4.26. The second-order valence-corrected chi connectivity index (χ2v) is 8.53. The number of fused-ring (bicyclic) bond motifs is 1. The molecule has 0 saturated carbocycles. The summed E-state index contributed by atoms with van der Waals surface area (Å²) in [5.74, 6) is 0.809. The molecule has 0 aliphatic carbocycles. The van der Waals surface area contributed by atoms with E-state index in [2.05, 4.69) is 16.4 Å². The van der Waals surface area contributed by atoms with E-state index < -0.39 is 0 Å². The lowest BCUT2D eigenvalue weighted by Crippen LogP contribution is -2.31. The van der Waals surface area contributed by atoms with Crippen LogP contribution in [0.1, 0.15) is 28.8 Å². The monoisotopic (exact) mass is 384 g/mol. The van der Waals surface area contributed by atoms with Crippen molar-refractivity contribution in [2.45, 2.75) is 29.0 Å². The largest absolute Gasteiger partial charge is 0.376 e. The molecule has 1 aliphatic heterocycles. The van der Waals surface area contributed by atoms with Crippen molar-refractivity contribution in [2.24, 2.45) is 0 Å². The highest BCUT2D eigenvalue weighted by molar-refractivity contribution is 8.00. The molecule has 2 aromatic carbocycles. The normalized spacial score (nSPS) is 16.8. The number of thioether (sulfide) groups is 1. The van der Waals surface area contributed by atoms with Crippen molar-refractivity contribution in [3.05, 3.63) is 59.7 Å². The van der Waals surface area contributed by atoms with E-state index in [0.717, 1.165) is 35.1 Å². The Morgan fingerprint density at radius 2 is 2.08 bits per heavy atom. The van der Waals surface area contributed by atoms with Crippen LogP contribution < -0.4 is 5.32 Å². The molecule has 3 aromatic rings. The van der Waals surface area contributed by atoms with Gasteiger partial charge in [-0.2, -0.15) is 0 Å². The number of aromatic nitrogens is 1. The summed E-state index contributed by atoms with van der Waals surface area (Å²) >= 11 is 3.45. The fourth-order valence-electron chi connectivity index (χ4n) is 2.92. The summed E-state index contributed by atoms with van der Waals surface area (Å²) in [6.07, 6.45) is 2.28. The van der Waals surface area contributed by atoms with Crippen molar-refractivity contribution in [1.82, 2.24) is 10.3 Å². The van der Waals surface area contributed by atoms with E-state index in [1.54, 1.807) is 23.1 Å². The molecule has 4 nitrogen and oxygen atoms in total. The summed E-state index contributed by atoms with van der Waals surface area (Å²) in [6.45, 7) is 1.40. The Morgan fingerprint density at radius 3 is 2.85 bits per heavy atom. The predicted molar refractivity (Wildman–Crippen MR) is 107 cm³/mol. The van der Waals surface area contributed by atoms with Crippen molar-refractivity contribution in [3.63, 3.8) is 0 Å². The first-order valence-corrected chi connectivity index (χ1v) is 10.6. The molecule has 1 N–H and O–H groups in total. The van der Waals surface area contributed by atoms with Crippen LogP contribution in [0.25, 0.3) is 10.2 Å². The number of hydrogen-bond acceptors (Lipinski definition) is 5. The number of ether oxygens (including phenoxy) is 1. The summed E-state index contributed by atoms with van der Waals surface area (Å²) in [5.41, 5.74) is 2.93. The van der Waals surface area contributed by atoms with Crippen LogP contribution in [0.15, 0.2) is 52.9 Å². The minimum absolute atomic E-state index is 0.0362. The molecule has 0 radical (unpaired) electrons. The van der Waals surface area contributed by atoms with E-state index in [1.807, 2.05) is 42.5 Å². The van der Waals surface area contributed by atoms with Gasteiger partial charge < -0.3 is 10.1 Å². The summed E-state index contributed by atoms with van der Waals surface area (Å²) in [5, 5.41) is 2.96. The topological polar surface area (TPSA) is 51.2 Å². The highest BCUT2D eigenvalue weighted by Crippen LogP contribution is 2.31. The SMILES string of the molecule is O=C(NC[C@H]1CCCO1)c1ccc(CSc2nc3ccccc3s2)cc1. The Balaban J connectivity index is 1.31. The summed E-state index contributed by atoms with van der Waals surface area (Å²) in [6, 6.07) is 16.0. The van der Waals surface area contributed by atoms with Gasteiger partial charge in [0.15, 0.2) is 4.34 Å². The third-order valence-corrected chi connectivity index (χ3v) is 6.62. The van der Waals surface area contributed by atoms with E-state index in [0.29, 0.717) is 12.1 Å². The van der Waals surface area contributed by atoms with Gasteiger partial charge in [-0.15, -0.1) is 11.3 Å². The van der Waals surface area contributed by atoms with Crippen molar-refractivity contribution < 1.29 is 9.53 Å². The second kappa shape index (κ2) is 8.20. The summed E-state index contributed by atoms with van der Waals surface area (Å²) in [7, 11) is 0. The second-order valence-electron chi connectivity index (χ2n) is 6.28. The Hall–Kier alpha value is -1.89. The van der Waals surface area contributed by atoms with E-state index in [9.17, 15) is 4.79 Å². The fraction of sp³-hybridized carbons (Fsp3) is 0.300. The van der Waals surface area contributed by atoms with Gasteiger partial charge in [0.2, 0.25) is 0 Å². The van der Waals surface area contributed by atoms with Gasteiger partial charge >= 0.3 is 0 Å². The van der Waals surface area contributed by atoms with Crippen LogP contribution in [0.4, 0.5) is 0 Å². The number of benzene rings is 2. The molecule has 1 fully saturated rings. The van der Waals surface area contributed by atoms with Crippen LogP contribution in [-0.2, 0) is 10.5 Å². The smallest absolute Gasteiger partial charge is 0.251 e. The molecule has 1 aromatic heterocycles. The van der Waals surface area contributed by atoms with Gasteiger partial charge in [-0.25, -0.2) is 4.98 Å². The first-order valence-electron chi connectivity index (χ1n) is 8.75. The Bertz CT molecular complexity index is 853. The van der Waals surface area contributed by atoms with E-state index in [1.165, 1.54) is 10.3 Å². The van der Waals surface area contributed by atoms with Gasteiger partial charge in [-0.3, -0.25) is 4.79 Å². The van der Waals surface area contributed by atoms with Crippen molar-refractivity contribution in [1.29, 1.82) is 0 Å². The molecule has 6 heteroatoms. The lowest BCUT2D eigenvalue weighted by Gasteiger charge is -2.11. The van der Waals surface area contributed by atoms with Gasteiger partial charge in [-0.1, -0.05) is 36.0 Å². The molecule has 2 heterocycles. The molecule has 1 saturated heterocycles. The van der Waals surface area contributed by atoms with Gasteiger partial charge in [0.1, 0.15) is 0 Å². The van der Waals surface area contributed by atoms with Crippen LogP contribution in [0.5, 0.6) is 0 Å². The molecule has 0 unspecified atom stereocenters. The van der Waals surface area contributed by atoms with Gasteiger partial charge in [0.25, 0.3) is 5.91 Å². The molecule has 0 spiro atoms. The number of carbonyl (C=O) groups excluding carboxylic acids is 1. The Kier molecular flexibility index (Phi) is 5.53. The van der Waals surface area contributed by atoms with Crippen molar-refractivity contribution in [2.75, 3.05) is 13.2 Å². The fourth-order valence-corrected chi connectivity index (χ4v) is 4.95. The number of carbonyl (C=O) groups is 1. The quantitative estimate of drug-likeness (QED) is 0.636. The maximum absolute atomic E-state index is 12.2.